The van der Waals surface area contributed by atoms with E-state index in [4.69, 9.17) is 0 Å². The van der Waals surface area contributed by atoms with Gasteiger partial charge in [0.25, 0.3) is 5.56 Å². The Morgan fingerprint density at radius 2 is 1.95 bits per heavy atom. The van der Waals surface area contributed by atoms with Crippen LogP contribution in [-0.2, 0) is 6.18 Å². The molecule has 0 saturated heterocycles. The number of nitrogens with zero attached hydrogens (tertiary/aromatic N) is 2. The number of benzene rings is 1. The summed E-state index contributed by atoms with van der Waals surface area (Å²) in [7, 11) is 0. The normalized spacial score (nSPS) is 12.0. The molecule has 0 saturated carbocycles. The van der Waals surface area contributed by atoms with E-state index in [0.717, 1.165) is 10.6 Å². The lowest BCUT2D eigenvalue weighted by Gasteiger charge is -2.06. The summed E-state index contributed by atoms with van der Waals surface area (Å²) in [5.41, 5.74) is -1.86. The van der Waals surface area contributed by atoms with Gasteiger partial charge in [0.05, 0.1) is 0 Å². The maximum absolute atomic E-state index is 13.2. The molecule has 0 spiro atoms. The van der Waals surface area contributed by atoms with Gasteiger partial charge in [-0.3, -0.25) is 9.89 Å². The fourth-order valence-electron chi connectivity index (χ4n) is 2.00. The molecule has 8 heteroatoms. The number of hydrogen-bond acceptors (Lipinski definition) is 2. The van der Waals surface area contributed by atoms with E-state index in [1.165, 1.54) is 24.4 Å². The van der Waals surface area contributed by atoms with E-state index in [-0.39, 0.29) is 11.2 Å². The van der Waals surface area contributed by atoms with Crippen LogP contribution in [0.3, 0.4) is 0 Å². The van der Waals surface area contributed by atoms with Crippen molar-refractivity contribution in [3.8, 4) is 11.1 Å². The maximum atomic E-state index is 13.2. The SMILES string of the molecule is O=c1cc(C(F)(F)F)nc2c(-c3cccc(F)c3)c[nH]n12. The largest absolute Gasteiger partial charge is 0.433 e. The van der Waals surface area contributed by atoms with E-state index in [2.05, 4.69) is 10.1 Å². The molecule has 3 aromatic rings. The summed E-state index contributed by atoms with van der Waals surface area (Å²) in [6.45, 7) is 0. The van der Waals surface area contributed by atoms with Crippen LogP contribution in [-0.4, -0.2) is 14.6 Å². The second kappa shape index (κ2) is 4.44. The van der Waals surface area contributed by atoms with Crippen LogP contribution < -0.4 is 5.56 Å². The molecule has 1 aromatic carbocycles. The van der Waals surface area contributed by atoms with Gasteiger partial charge in [0, 0.05) is 17.8 Å². The highest BCUT2D eigenvalue weighted by Crippen LogP contribution is 2.29. The molecule has 0 fully saturated rings. The van der Waals surface area contributed by atoms with Gasteiger partial charge in [0.2, 0.25) is 0 Å². The third-order valence-electron chi connectivity index (χ3n) is 2.92. The molecule has 0 atom stereocenters. The van der Waals surface area contributed by atoms with E-state index < -0.39 is 23.2 Å². The smallest absolute Gasteiger partial charge is 0.296 e. The molecule has 0 unspecified atom stereocenters. The predicted molar refractivity (Wildman–Crippen MR) is 66.2 cm³/mol. The first-order valence-electron chi connectivity index (χ1n) is 5.80. The average Bonchev–Trinajstić information content (AvgIpc) is 2.82. The molecule has 0 amide bonds. The van der Waals surface area contributed by atoms with Crippen LogP contribution in [0.15, 0.2) is 41.3 Å². The number of aromatic amines is 1. The number of hydrogen-bond donors (Lipinski definition) is 1. The molecule has 0 aliphatic rings. The molecule has 21 heavy (non-hydrogen) atoms. The molecule has 4 nitrogen and oxygen atoms in total. The van der Waals surface area contributed by atoms with E-state index in [0.29, 0.717) is 11.6 Å². The van der Waals surface area contributed by atoms with Crippen LogP contribution in [0.5, 0.6) is 0 Å². The molecule has 2 aromatic heterocycles. The molecule has 3 rings (SSSR count). The van der Waals surface area contributed by atoms with Crippen molar-refractivity contribution in [3.05, 3.63) is 58.4 Å². The Hall–Kier alpha value is -2.64. The standard InChI is InChI=1S/C13H7F4N3O/c14-8-3-1-2-7(4-8)9-6-18-20-11(21)5-10(13(15,16)17)19-12(9)20/h1-6,18H. The third kappa shape index (κ3) is 2.28. The van der Waals surface area contributed by atoms with Crippen molar-refractivity contribution in [1.82, 2.24) is 14.6 Å². The number of alkyl halides is 3. The summed E-state index contributed by atoms with van der Waals surface area (Å²) in [6.07, 6.45) is -3.43. The van der Waals surface area contributed by atoms with Gasteiger partial charge in [-0.25, -0.2) is 13.9 Å². The first-order chi connectivity index (χ1) is 9.86. The molecular weight excluding hydrogens is 290 g/mol. The van der Waals surface area contributed by atoms with E-state index in [1.807, 2.05) is 0 Å². The van der Waals surface area contributed by atoms with Crippen LogP contribution in [0.1, 0.15) is 5.69 Å². The first-order valence-corrected chi connectivity index (χ1v) is 5.80. The van der Waals surface area contributed by atoms with Gasteiger partial charge in [-0.1, -0.05) is 12.1 Å². The van der Waals surface area contributed by atoms with Crippen molar-refractivity contribution in [2.45, 2.75) is 6.18 Å². The van der Waals surface area contributed by atoms with Gasteiger partial charge in [-0.05, 0) is 17.7 Å². The van der Waals surface area contributed by atoms with Crippen LogP contribution in [0.4, 0.5) is 17.6 Å². The molecule has 0 radical (unpaired) electrons. The van der Waals surface area contributed by atoms with Crippen molar-refractivity contribution >= 4 is 5.65 Å². The van der Waals surface area contributed by atoms with Crippen molar-refractivity contribution in [1.29, 1.82) is 0 Å². The van der Waals surface area contributed by atoms with Crippen LogP contribution >= 0.6 is 0 Å². The Labute approximate surface area is 114 Å². The van der Waals surface area contributed by atoms with E-state index in [1.54, 1.807) is 0 Å². The molecule has 0 aliphatic carbocycles. The summed E-state index contributed by atoms with van der Waals surface area (Å²) >= 11 is 0. The van der Waals surface area contributed by atoms with Crippen molar-refractivity contribution in [2.75, 3.05) is 0 Å². The van der Waals surface area contributed by atoms with E-state index >= 15 is 0 Å². The molecule has 2 heterocycles. The van der Waals surface area contributed by atoms with Gasteiger partial charge in [0.1, 0.15) is 5.82 Å². The van der Waals surface area contributed by atoms with Crippen LogP contribution in [0.25, 0.3) is 16.8 Å². The van der Waals surface area contributed by atoms with Crippen molar-refractivity contribution < 1.29 is 17.6 Å². The van der Waals surface area contributed by atoms with Crippen LogP contribution in [0, 0.1) is 5.82 Å². The Morgan fingerprint density at radius 1 is 1.19 bits per heavy atom. The van der Waals surface area contributed by atoms with Gasteiger partial charge in [-0.2, -0.15) is 13.2 Å². The van der Waals surface area contributed by atoms with Gasteiger partial charge >= 0.3 is 6.18 Å². The minimum atomic E-state index is -4.73. The minimum Gasteiger partial charge on any atom is -0.296 e. The van der Waals surface area contributed by atoms with Crippen molar-refractivity contribution in [3.63, 3.8) is 0 Å². The predicted octanol–water partition coefficient (Wildman–Crippen LogP) is 2.85. The lowest BCUT2D eigenvalue weighted by atomic mass is 10.1. The lowest BCUT2D eigenvalue weighted by Crippen LogP contribution is -2.19. The van der Waals surface area contributed by atoms with Gasteiger partial charge in [-0.15, -0.1) is 0 Å². The Kier molecular flexibility index (Phi) is 2.82. The second-order valence-electron chi connectivity index (χ2n) is 4.33. The number of nitrogens with one attached hydrogen (secondary N) is 1. The van der Waals surface area contributed by atoms with Crippen molar-refractivity contribution in [2.24, 2.45) is 0 Å². The highest BCUT2D eigenvalue weighted by molar-refractivity contribution is 5.76. The second-order valence-corrected chi connectivity index (χ2v) is 4.33. The monoisotopic (exact) mass is 297 g/mol. The summed E-state index contributed by atoms with van der Waals surface area (Å²) < 4.78 is 52.3. The quantitative estimate of drug-likeness (QED) is 0.702. The van der Waals surface area contributed by atoms with Crippen LogP contribution in [0.2, 0.25) is 0 Å². The zero-order valence-electron chi connectivity index (χ0n) is 10.3. The molecule has 0 bridgehead atoms. The molecule has 108 valence electrons. The maximum Gasteiger partial charge on any atom is 0.433 e. The Bertz CT molecular complexity index is 879. The number of aromatic nitrogens is 3. The summed E-state index contributed by atoms with van der Waals surface area (Å²) in [5.74, 6) is -0.541. The molecular formula is C13H7F4N3O. The lowest BCUT2D eigenvalue weighted by molar-refractivity contribution is -0.141. The number of fused-ring (bicyclic) bond motifs is 1. The summed E-state index contributed by atoms with van der Waals surface area (Å²) in [6, 6.07) is 5.69. The zero-order chi connectivity index (χ0) is 15.2. The molecule has 1 N–H and O–H groups in total. The number of H-pyrrole nitrogens is 1. The van der Waals surface area contributed by atoms with E-state index in [9.17, 15) is 22.4 Å². The Balaban J connectivity index is 2.31. The number of halogens is 4. The van der Waals surface area contributed by atoms with Gasteiger partial charge in [0.15, 0.2) is 11.3 Å². The summed E-state index contributed by atoms with van der Waals surface area (Å²) in [4.78, 5) is 15.1. The fourth-order valence-corrected chi connectivity index (χ4v) is 2.00. The summed E-state index contributed by atoms with van der Waals surface area (Å²) in [5, 5.41) is 2.50. The fraction of sp³-hybridized carbons (Fsp3) is 0.0769. The average molecular weight is 297 g/mol. The first kappa shape index (κ1) is 13.3. The van der Waals surface area contributed by atoms with Gasteiger partial charge < -0.3 is 0 Å². The highest BCUT2D eigenvalue weighted by Gasteiger charge is 2.34. The topological polar surface area (TPSA) is 50.2 Å². The Morgan fingerprint density at radius 3 is 2.62 bits per heavy atom. The minimum absolute atomic E-state index is 0.206. The molecule has 0 aliphatic heterocycles. The zero-order valence-corrected chi connectivity index (χ0v) is 10.3. The highest BCUT2D eigenvalue weighted by atomic mass is 19.4. The third-order valence-corrected chi connectivity index (χ3v) is 2.92. The number of rotatable bonds is 1.